The van der Waals surface area contributed by atoms with E-state index in [0.717, 1.165) is 25.5 Å². The van der Waals surface area contributed by atoms with Gasteiger partial charge in [-0.1, -0.05) is 0 Å². The first-order chi connectivity index (χ1) is 8.33. The predicted octanol–water partition coefficient (Wildman–Crippen LogP) is 2.28. The van der Waals surface area contributed by atoms with Crippen LogP contribution >= 0.6 is 11.3 Å². The fourth-order valence-corrected chi connectivity index (χ4v) is 3.20. The van der Waals surface area contributed by atoms with E-state index in [2.05, 4.69) is 16.8 Å². The van der Waals surface area contributed by atoms with Gasteiger partial charge in [0.25, 0.3) is 0 Å². The summed E-state index contributed by atoms with van der Waals surface area (Å²) in [6.45, 7) is 1.59. The number of hydrogen-bond donors (Lipinski definition) is 1. The van der Waals surface area contributed by atoms with Crippen LogP contribution in [0.2, 0.25) is 0 Å². The third-order valence-electron chi connectivity index (χ3n) is 3.42. The summed E-state index contributed by atoms with van der Waals surface area (Å²) >= 11 is 1.71. The molecule has 1 amide bonds. The van der Waals surface area contributed by atoms with Crippen molar-refractivity contribution < 1.29 is 9.53 Å². The largest absolute Gasteiger partial charge is 0.372 e. The number of fused-ring (bicyclic) bond motifs is 1. The van der Waals surface area contributed by atoms with Crippen molar-refractivity contribution in [1.82, 2.24) is 5.32 Å². The maximum absolute atomic E-state index is 11.8. The van der Waals surface area contributed by atoms with E-state index in [0.29, 0.717) is 6.42 Å². The van der Waals surface area contributed by atoms with Crippen molar-refractivity contribution in [2.75, 3.05) is 13.2 Å². The van der Waals surface area contributed by atoms with Crippen LogP contribution in [0.1, 0.15) is 35.8 Å². The minimum absolute atomic E-state index is 0.0158. The molecular formula is C13H17NO2S. The summed E-state index contributed by atoms with van der Waals surface area (Å²) in [5.41, 5.74) is 1.36. The minimum Gasteiger partial charge on any atom is -0.372 e. The standard InChI is InChI=1S/C13H17NO2S/c15-12(14-8-9-1-2-9)7-11-13-10(3-5-16-11)4-6-17-13/h4,6,9,11H,1-3,5,7-8H2,(H,14,15)/t11-/m1/s1. The first-order valence-electron chi connectivity index (χ1n) is 6.27. The lowest BCUT2D eigenvalue weighted by Gasteiger charge is -2.22. The Labute approximate surface area is 105 Å². The Hall–Kier alpha value is -0.870. The van der Waals surface area contributed by atoms with Crippen LogP contribution in [0.5, 0.6) is 0 Å². The minimum atomic E-state index is -0.0158. The molecule has 1 aromatic heterocycles. The summed E-state index contributed by atoms with van der Waals surface area (Å²) in [4.78, 5) is 13.0. The Morgan fingerprint density at radius 1 is 1.53 bits per heavy atom. The van der Waals surface area contributed by atoms with Crippen LogP contribution in [0, 0.1) is 5.92 Å². The third kappa shape index (κ3) is 2.69. The summed E-state index contributed by atoms with van der Waals surface area (Å²) in [5, 5.41) is 5.09. The van der Waals surface area contributed by atoms with Crippen LogP contribution in [0.4, 0.5) is 0 Å². The van der Waals surface area contributed by atoms with Crippen molar-refractivity contribution in [3.63, 3.8) is 0 Å². The number of thiophene rings is 1. The van der Waals surface area contributed by atoms with E-state index in [1.807, 2.05) is 0 Å². The summed E-state index contributed by atoms with van der Waals surface area (Å²) in [6, 6.07) is 2.15. The SMILES string of the molecule is O=C(C[C@H]1OCCc2ccsc21)NCC1CC1. The van der Waals surface area contributed by atoms with Crippen LogP contribution in [-0.2, 0) is 16.0 Å². The normalized spacial score (nSPS) is 23.2. The molecule has 1 fully saturated rings. The average Bonchev–Trinajstić information content (AvgIpc) is 3.03. The molecule has 2 aliphatic rings. The number of carbonyl (C=O) groups is 1. The van der Waals surface area contributed by atoms with Gasteiger partial charge in [0.1, 0.15) is 6.10 Å². The van der Waals surface area contributed by atoms with Gasteiger partial charge < -0.3 is 10.1 Å². The third-order valence-corrected chi connectivity index (χ3v) is 4.47. The molecule has 0 spiro atoms. The topological polar surface area (TPSA) is 38.3 Å². The number of carbonyl (C=O) groups excluding carboxylic acids is 1. The smallest absolute Gasteiger partial charge is 0.223 e. The molecule has 1 aliphatic carbocycles. The van der Waals surface area contributed by atoms with Crippen LogP contribution in [0.15, 0.2) is 11.4 Å². The lowest BCUT2D eigenvalue weighted by atomic mass is 10.1. The second kappa shape index (κ2) is 4.78. The Bertz CT molecular complexity index is 411. The Balaban J connectivity index is 1.56. The van der Waals surface area contributed by atoms with E-state index in [4.69, 9.17) is 4.74 Å². The number of nitrogens with one attached hydrogen (secondary N) is 1. The Morgan fingerprint density at radius 3 is 3.24 bits per heavy atom. The molecule has 17 heavy (non-hydrogen) atoms. The molecule has 3 rings (SSSR count). The summed E-state index contributed by atoms with van der Waals surface area (Å²) in [6.07, 6.45) is 3.99. The average molecular weight is 251 g/mol. The molecule has 1 N–H and O–H groups in total. The molecule has 1 aliphatic heterocycles. The number of hydrogen-bond acceptors (Lipinski definition) is 3. The molecule has 1 saturated carbocycles. The van der Waals surface area contributed by atoms with E-state index in [-0.39, 0.29) is 12.0 Å². The van der Waals surface area contributed by atoms with Crippen molar-refractivity contribution in [2.45, 2.75) is 31.8 Å². The Morgan fingerprint density at radius 2 is 2.41 bits per heavy atom. The van der Waals surface area contributed by atoms with Crippen molar-refractivity contribution >= 4 is 17.2 Å². The maximum atomic E-state index is 11.8. The highest BCUT2D eigenvalue weighted by molar-refractivity contribution is 7.10. The molecule has 1 aromatic rings. The highest BCUT2D eigenvalue weighted by atomic mass is 32.1. The van der Waals surface area contributed by atoms with Gasteiger partial charge >= 0.3 is 0 Å². The zero-order chi connectivity index (χ0) is 11.7. The molecule has 0 radical (unpaired) electrons. The molecule has 0 bridgehead atoms. The molecule has 1 atom stereocenters. The summed E-state index contributed by atoms with van der Waals surface area (Å²) in [7, 11) is 0. The predicted molar refractivity (Wildman–Crippen MR) is 67.1 cm³/mol. The van der Waals surface area contributed by atoms with Gasteiger partial charge in [0.05, 0.1) is 13.0 Å². The van der Waals surface area contributed by atoms with E-state index >= 15 is 0 Å². The molecule has 0 aromatic carbocycles. The summed E-state index contributed by atoms with van der Waals surface area (Å²) < 4.78 is 5.71. The second-order valence-electron chi connectivity index (χ2n) is 4.87. The number of amides is 1. The maximum Gasteiger partial charge on any atom is 0.223 e. The quantitative estimate of drug-likeness (QED) is 0.891. The van der Waals surface area contributed by atoms with E-state index in [1.165, 1.54) is 23.3 Å². The van der Waals surface area contributed by atoms with E-state index in [1.54, 1.807) is 11.3 Å². The highest BCUT2D eigenvalue weighted by Gasteiger charge is 2.26. The van der Waals surface area contributed by atoms with Gasteiger partial charge in [-0.3, -0.25) is 4.79 Å². The number of rotatable bonds is 4. The molecule has 92 valence electrons. The van der Waals surface area contributed by atoms with Crippen molar-refractivity contribution in [3.05, 3.63) is 21.9 Å². The highest BCUT2D eigenvalue weighted by Crippen LogP contribution is 2.34. The van der Waals surface area contributed by atoms with E-state index < -0.39 is 0 Å². The van der Waals surface area contributed by atoms with Crippen molar-refractivity contribution in [1.29, 1.82) is 0 Å². The zero-order valence-corrected chi connectivity index (χ0v) is 10.6. The van der Waals surface area contributed by atoms with Crippen LogP contribution in [0.3, 0.4) is 0 Å². The first kappa shape index (κ1) is 11.2. The van der Waals surface area contributed by atoms with Gasteiger partial charge in [0.15, 0.2) is 0 Å². The van der Waals surface area contributed by atoms with Gasteiger partial charge in [0.2, 0.25) is 5.91 Å². The van der Waals surface area contributed by atoms with Crippen LogP contribution in [-0.4, -0.2) is 19.1 Å². The van der Waals surface area contributed by atoms with Crippen molar-refractivity contribution in [2.24, 2.45) is 5.92 Å². The van der Waals surface area contributed by atoms with Gasteiger partial charge in [-0.15, -0.1) is 11.3 Å². The monoisotopic (exact) mass is 251 g/mol. The fraction of sp³-hybridized carbons (Fsp3) is 0.615. The summed E-state index contributed by atoms with van der Waals surface area (Å²) in [5.74, 6) is 0.867. The number of ether oxygens (including phenoxy) is 1. The van der Waals surface area contributed by atoms with E-state index in [9.17, 15) is 4.79 Å². The first-order valence-corrected chi connectivity index (χ1v) is 7.15. The van der Waals surface area contributed by atoms with Crippen LogP contribution in [0.25, 0.3) is 0 Å². The molecule has 2 heterocycles. The Kier molecular flexibility index (Phi) is 3.16. The van der Waals surface area contributed by atoms with Gasteiger partial charge in [0, 0.05) is 11.4 Å². The molecular weight excluding hydrogens is 234 g/mol. The van der Waals surface area contributed by atoms with Gasteiger partial charge in [-0.25, -0.2) is 0 Å². The molecule has 0 saturated heterocycles. The van der Waals surface area contributed by atoms with Gasteiger partial charge in [-0.2, -0.15) is 0 Å². The van der Waals surface area contributed by atoms with Crippen LogP contribution < -0.4 is 5.32 Å². The molecule has 0 unspecified atom stereocenters. The lowest BCUT2D eigenvalue weighted by molar-refractivity contribution is -0.124. The molecule has 3 nitrogen and oxygen atoms in total. The van der Waals surface area contributed by atoms with Gasteiger partial charge in [-0.05, 0) is 42.2 Å². The second-order valence-corrected chi connectivity index (χ2v) is 5.82. The lowest BCUT2D eigenvalue weighted by Crippen LogP contribution is -2.28. The zero-order valence-electron chi connectivity index (χ0n) is 9.78. The fourth-order valence-electron chi connectivity index (χ4n) is 2.20. The van der Waals surface area contributed by atoms with Crippen molar-refractivity contribution in [3.8, 4) is 0 Å². The molecule has 4 heteroatoms.